The van der Waals surface area contributed by atoms with E-state index in [1.165, 1.54) is 4.88 Å². The molecule has 1 heterocycles. The molecule has 1 atom stereocenters. The van der Waals surface area contributed by atoms with Gasteiger partial charge in [0, 0.05) is 10.4 Å². The summed E-state index contributed by atoms with van der Waals surface area (Å²) in [6.07, 6.45) is 0.906. The van der Waals surface area contributed by atoms with Crippen LogP contribution in [0.3, 0.4) is 0 Å². The van der Waals surface area contributed by atoms with Crippen molar-refractivity contribution in [3.63, 3.8) is 0 Å². The average molecular weight is 260 g/mol. The number of hydrogen-bond donors (Lipinski definition) is 0. The Kier molecular flexibility index (Phi) is 3.93. The molecule has 12 heavy (non-hydrogen) atoms. The van der Waals surface area contributed by atoms with E-state index in [1.54, 1.807) is 11.3 Å². The van der Waals surface area contributed by atoms with Crippen LogP contribution >= 0.6 is 44.6 Å². The SMILES string of the molecule is CCC(c1cccs1)[Si](Cl)(Cl)Cl. The van der Waals surface area contributed by atoms with E-state index in [0.717, 1.165) is 6.42 Å². The Morgan fingerprint density at radius 2 is 2.17 bits per heavy atom. The molecule has 0 aliphatic rings. The van der Waals surface area contributed by atoms with Gasteiger partial charge in [0.2, 0.25) is 0 Å². The third-order valence-corrected chi connectivity index (χ3v) is 6.77. The number of thiophene rings is 1. The lowest BCUT2D eigenvalue weighted by atomic mass is 10.3. The molecule has 1 rings (SSSR count). The van der Waals surface area contributed by atoms with Crippen LogP contribution in [-0.2, 0) is 0 Å². The summed E-state index contributed by atoms with van der Waals surface area (Å²) in [5.74, 6) is 0. The topological polar surface area (TPSA) is 0 Å². The van der Waals surface area contributed by atoms with Crippen LogP contribution in [0, 0.1) is 0 Å². The number of halogens is 3. The molecule has 0 saturated heterocycles. The lowest BCUT2D eigenvalue weighted by molar-refractivity contribution is 0.889. The van der Waals surface area contributed by atoms with Crippen molar-refractivity contribution in [1.29, 1.82) is 0 Å². The van der Waals surface area contributed by atoms with Crippen LogP contribution in [0.1, 0.15) is 23.8 Å². The summed E-state index contributed by atoms with van der Waals surface area (Å²) in [6.45, 7) is 2.05. The lowest BCUT2D eigenvalue weighted by Crippen LogP contribution is -2.21. The lowest BCUT2D eigenvalue weighted by Gasteiger charge is -2.18. The second kappa shape index (κ2) is 4.34. The number of rotatable bonds is 3. The Bertz CT molecular complexity index is 229. The van der Waals surface area contributed by atoms with Gasteiger partial charge in [0.1, 0.15) is 0 Å². The molecule has 1 aromatic heterocycles. The Balaban J connectivity index is 2.84. The Labute approximate surface area is 91.6 Å². The van der Waals surface area contributed by atoms with E-state index in [9.17, 15) is 0 Å². The van der Waals surface area contributed by atoms with Crippen molar-refractivity contribution < 1.29 is 0 Å². The standard InChI is InChI=1S/C7H9Cl3SSi/c1-2-7(12(8,9)10)6-4-3-5-11-6/h3-5,7H,2H2,1H3. The highest BCUT2D eigenvalue weighted by atomic mass is 35.8. The molecule has 0 aromatic carbocycles. The Morgan fingerprint density at radius 1 is 1.50 bits per heavy atom. The predicted octanol–water partition coefficient (Wildman–Crippen LogP) is 4.44. The second-order valence-corrected chi connectivity index (χ2v) is 12.4. The number of hydrogen-bond acceptors (Lipinski definition) is 1. The highest BCUT2D eigenvalue weighted by Crippen LogP contribution is 2.40. The van der Waals surface area contributed by atoms with Gasteiger partial charge in [0.05, 0.1) is 0 Å². The Hall–Kier alpha value is 0.787. The fourth-order valence-electron chi connectivity index (χ4n) is 1.08. The molecule has 5 heteroatoms. The van der Waals surface area contributed by atoms with E-state index >= 15 is 0 Å². The van der Waals surface area contributed by atoms with Crippen molar-refractivity contribution in [2.75, 3.05) is 0 Å². The first-order chi connectivity index (χ1) is 5.55. The molecule has 1 unspecified atom stereocenters. The van der Waals surface area contributed by atoms with E-state index in [4.69, 9.17) is 33.2 Å². The summed E-state index contributed by atoms with van der Waals surface area (Å²) in [5, 5.41) is 2.02. The molecule has 0 nitrogen and oxygen atoms in total. The van der Waals surface area contributed by atoms with Crippen LogP contribution < -0.4 is 0 Å². The van der Waals surface area contributed by atoms with Gasteiger partial charge in [-0.2, -0.15) is 0 Å². The van der Waals surface area contributed by atoms with Crippen LogP contribution in [0.4, 0.5) is 0 Å². The monoisotopic (exact) mass is 258 g/mol. The minimum absolute atomic E-state index is 0.155. The maximum absolute atomic E-state index is 5.97. The zero-order valence-electron chi connectivity index (χ0n) is 6.56. The van der Waals surface area contributed by atoms with Crippen LogP contribution in [0.25, 0.3) is 0 Å². The highest BCUT2D eigenvalue weighted by Gasteiger charge is 2.37. The predicted molar refractivity (Wildman–Crippen MR) is 60.7 cm³/mol. The van der Waals surface area contributed by atoms with Gasteiger partial charge >= 0.3 is 6.00 Å². The van der Waals surface area contributed by atoms with Gasteiger partial charge in [0.25, 0.3) is 0 Å². The van der Waals surface area contributed by atoms with Crippen molar-refractivity contribution in [3.8, 4) is 0 Å². The molecule has 0 fully saturated rings. The van der Waals surface area contributed by atoms with Crippen molar-refractivity contribution in [2.24, 2.45) is 0 Å². The van der Waals surface area contributed by atoms with Gasteiger partial charge in [-0.25, -0.2) is 0 Å². The quantitative estimate of drug-likeness (QED) is 0.556. The molecule has 0 aliphatic carbocycles. The van der Waals surface area contributed by atoms with Crippen LogP contribution in [0.15, 0.2) is 17.5 Å². The fourth-order valence-corrected chi connectivity index (χ4v) is 6.53. The first-order valence-electron chi connectivity index (χ1n) is 3.65. The highest BCUT2D eigenvalue weighted by molar-refractivity contribution is 7.65. The van der Waals surface area contributed by atoms with Crippen LogP contribution in [-0.4, -0.2) is 6.00 Å². The van der Waals surface area contributed by atoms with Gasteiger partial charge in [0.15, 0.2) is 0 Å². The van der Waals surface area contributed by atoms with E-state index in [0.29, 0.717) is 0 Å². The first kappa shape index (κ1) is 10.9. The van der Waals surface area contributed by atoms with Gasteiger partial charge < -0.3 is 0 Å². The molecular formula is C7H9Cl3SSi. The largest absolute Gasteiger partial charge is 0.349 e. The van der Waals surface area contributed by atoms with E-state index in [2.05, 4.69) is 6.92 Å². The minimum Gasteiger partial charge on any atom is -0.149 e. The second-order valence-electron chi connectivity index (χ2n) is 2.52. The molecule has 0 bridgehead atoms. The van der Waals surface area contributed by atoms with Crippen molar-refractivity contribution in [3.05, 3.63) is 22.4 Å². The molecular weight excluding hydrogens is 251 g/mol. The van der Waals surface area contributed by atoms with Crippen LogP contribution in [0.5, 0.6) is 0 Å². The molecule has 0 aliphatic heterocycles. The molecule has 0 N–H and O–H groups in total. The van der Waals surface area contributed by atoms with Gasteiger partial charge in [-0.3, -0.25) is 0 Å². The molecule has 1 aromatic rings. The molecule has 0 amide bonds. The van der Waals surface area contributed by atoms with Crippen molar-refractivity contribution in [2.45, 2.75) is 18.9 Å². The van der Waals surface area contributed by atoms with Gasteiger partial charge in [-0.15, -0.1) is 44.6 Å². The van der Waals surface area contributed by atoms with E-state index in [1.807, 2.05) is 17.5 Å². The van der Waals surface area contributed by atoms with Gasteiger partial charge in [-0.1, -0.05) is 13.0 Å². The van der Waals surface area contributed by atoms with Crippen molar-refractivity contribution in [1.82, 2.24) is 0 Å². The summed E-state index contributed by atoms with van der Waals surface area (Å²) < 4.78 is 0. The average Bonchev–Trinajstić information content (AvgIpc) is 2.38. The van der Waals surface area contributed by atoms with Crippen LogP contribution in [0.2, 0.25) is 0 Å². The summed E-state index contributed by atoms with van der Waals surface area (Å²) in [4.78, 5) is 1.20. The molecule has 0 saturated carbocycles. The minimum atomic E-state index is -2.56. The molecule has 0 radical (unpaired) electrons. The maximum atomic E-state index is 5.97. The molecule has 0 spiro atoms. The van der Waals surface area contributed by atoms with Gasteiger partial charge in [-0.05, 0) is 17.9 Å². The van der Waals surface area contributed by atoms with Crippen molar-refractivity contribution >= 4 is 50.6 Å². The zero-order valence-corrected chi connectivity index (χ0v) is 10.6. The summed E-state index contributed by atoms with van der Waals surface area (Å²) >= 11 is 19.6. The summed E-state index contributed by atoms with van der Waals surface area (Å²) in [5.41, 5.74) is 0.155. The maximum Gasteiger partial charge on any atom is 0.349 e. The summed E-state index contributed by atoms with van der Waals surface area (Å²) in [7, 11) is 0. The summed E-state index contributed by atoms with van der Waals surface area (Å²) in [6, 6.07) is 1.46. The zero-order chi connectivity index (χ0) is 9.19. The van der Waals surface area contributed by atoms with E-state index in [-0.39, 0.29) is 5.54 Å². The normalized spacial score (nSPS) is 14.7. The fraction of sp³-hybridized carbons (Fsp3) is 0.429. The smallest absolute Gasteiger partial charge is 0.149 e. The molecule has 68 valence electrons. The Morgan fingerprint density at radius 3 is 2.50 bits per heavy atom. The first-order valence-corrected chi connectivity index (χ1v) is 9.65. The third kappa shape index (κ3) is 2.64. The van der Waals surface area contributed by atoms with E-state index < -0.39 is 6.00 Å². The third-order valence-electron chi connectivity index (χ3n) is 1.69.